The van der Waals surface area contributed by atoms with E-state index >= 15 is 0 Å². The minimum absolute atomic E-state index is 0.301. The van der Waals surface area contributed by atoms with Crippen LogP contribution < -0.4 is 14.8 Å². The summed E-state index contributed by atoms with van der Waals surface area (Å²) in [5, 5.41) is 8.56. The maximum atomic E-state index is 13.8. The molecule has 164 valence electrons. The van der Waals surface area contributed by atoms with Crippen molar-refractivity contribution in [2.75, 3.05) is 12.4 Å². The van der Waals surface area contributed by atoms with Gasteiger partial charge in [0.2, 0.25) is 5.95 Å². The molecule has 0 spiro atoms. The van der Waals surface area contributed by atoms with Gasteiger partial charge in [-0.3, -0.25) is 0 Å². The van der Waals surface area contributed by atoms with Crippen molar-refractivity contribution in [3.05, 3.63) is 106 Å². The minimum atomic E-state index is -0.432. The molecule has 0 bridgehead atoms. The van der Waals surface area contributed by atoms with Gasteiger partial charge in [-0.1, -0.05) is 35.9 Å². The van der Waals surface area contributed by atoms with E-state index in [1.807, 2.05) is 42.5 Å². The number of nitrogens with one attached hydrogen (secondary N) is 1. The number of rotatable bonds is 3. The summed E-state index contributed by atoms with van der Waals surface area (Å²) in [6.45, 7) is 0. The topological polar surface area (TPSA) is 61.2 Å². The first-order valence-corrected chi connectivity index (χ1v) is 10.8. The number of ether oxygens (including phenoxy) is 2. The van der Waals surface area contributed by atoms with Crippen molar-refractivity contribution in [2.45, 2.75) is 12.1 Å². The molecule has 3 aromatic carbocycles. The molecule has 4 aromatic rings. The largest absolute Gasteiger partial charge is 0.497 e. The molecule has 8 heteroatoms. The van der Waals surface area contributed by atoms with Gasteiger partial charge in [-0.15, -0.1) is 0 Å². The van der Waals surface area contributed by atoms with Crippen molar-refractivity contribution in [3.8, 4) is 11.5 Å². The van der Waals surface area contributed by atoms with E-state index in [1.165, 1.54) is 18.5 Å². The van der Waals surface area contributed by atoms with Crippen molar-refractivity contribution in [1.29, 1.82) is 0 Å². The van der Waals surface area contributed by atoms with Crippen LogP contribution in [-0.2, 0) is 0 Å². The third-order valence-electron chi connectivity index (χ3n) is 5.98. The zero-order valence-electron chi connectivity index (χ0n) is 17.5. The van der Waals surface area contributed by atoms with Crippen LogP contribution in [-0.4, -0.2) is 21.9 Å². The van der Waals surface area contributed by atoms with Crippen LogP contribution in [0.3, 0.4) is 0 Å². The maximum absolute atomic E-state index is 13.8. The Balaban J connectivity index is 1.62. The molecule has 2 atom stereocenters. The van der Waals surface area contributed by atoms with Crippen LogP contribution in [0.4, 0.5) is 10.3 Å². The van der Waals surface area contributed by atoms with Crippen molar-refractivity contribution in [3.63, 3.8) is 0 Å². The van der Waals surface area contributed by atoms with Crippen LogP contribution in [0.1, 0.15) is 28.8 Å². The first-order valence-electron chi connectivity index (χ1n) is 10.4. The van der Waals surface area contributed by atoms with Gasteiger partial charge in [0.1, 0.15) is 35.8 Å². The molecule has 6 rings (SSSR count). The molecule has 0 radical (unpaired) electrons. The van der Waals surface area contributed by atoms with Crippen molar-refractivity contribution in [1.82, 2.24) is 14.8 Å². The fourth-order valence-corrected chi connectivity index (χ4v) is 4.58. The number of fused-ring (bicyclic) bond motifs is 3. The molecule has 2 aliphatic heterocycles. The van der Waals surface area contributed by atoms with Gasteiger partial charge in [0.25, 0.3) is 0 Å². The molecule has 0 unspecified atom stereocenters. The quantitative estimate of drug-likeness (QED) is 0.428. The summed E-state index contributed by atoms with van der Waals surface area (Å²) in [6.07, 6.45) is 1.07. The second-order valence-corrected chi connectivity index (χ2v) is 8.29. The van der Waals surface area contributed by atoms with E-state index in [1.54, 1.807) is 23.9 Å². The molecular formula is C25H18ClFN4O2. The van der Waals surface area contributed by atoms with Gasteiger partial charge >= 0.3 is 0 Å². The molecule has 0 saturated carbocycles. The standard InChI is InChI=1S/C25H18ClFN4O2/c1-32-18-10-11-20-19(12-18)22-21(24(33-20)15-2-6-16(26)7-3-15)23(14-4-8-17(27)9-5-14)31-25(30-22)28-13-29-31/h2-13,23-24H,1H3,(H,28,29,30)/t23-,24-/m0/s1. The molecule has 6 nitrogen and oxygen atoms in total. The lowest BCUT2D eigenvalue weighted by Gasteiger charge is -2.39. The average Bonchev–Trinajstić information content (AvgIpc) is 3.31. The monoisotopic (exact) mass is 460 g/mol. The molecule has 0 aliphatic carbocycles. The molecule has 0 saturated heterocycles. The van der Waals surface area contributed by atoms with Crippen LogP contribution in [0.15, 0.2) is 78.6 Å². The molecule has 0 amide bonds. The van der Waals surface area contributed by atoms with Crippen molar-refractivity contribution < 1.29 is 13.9 Å². The first-order chi connectivity index (χ1) is 16.1. The van der Waals surface area contributed by atoms with Crippen LogP contribution in [0.2, 0.25) is 5.02 Å². The Kier molecular flexibility index (Phi) is 4.58. The van der Waals surface area contributed by atoms with Crippen molar-refractivity contribution >= 4 is 23.2 Å². The Labute approximate surface area is 194 Å². The number of anilines is 1. The molecular weight excluding hydrogens is 443 g/mol. The smallest absolute Gasteiger partial charge is 0.226 e. The molecule has 33 heavy (non-hydrogen) atoms. The lowest BCUT2D eigenvalue weighted by Crippen LogP contribution is -2.32. The van der Waals surface area contributed by atoms with E-state index in [2.05, 4.69) is 15.4 Å². The summed E-state index contributed by atoms with van der Waals surface area (Å²) in [4.78, 5) is 4.41. The molecule has 3 heterocycles. The van der Waals surface area contributed by atoms with Crippen molar-refractivity contribution in [2.24, 2.45) is 0 Å². The SMILES string of the molecule is COc1ccc2c(c1)C1=C([C@H](c3ccc(Cl)cc3)O2)[C@H](c2ccc(F)cc2)n2ncnc2N1. The highest BCUT2D eigenvalue weighted by atomic mass is 35.5. The van der Waals surface area contributed by atoms with Gasteiger partial charge in [0.15, 0.2) is 0 Å². The van der Waals surface area contributed by atoms with Gasteiger partial charge in [-0.2, -0.15) is 10.1 Å². The van der Waals surface area contributed by atoms with Crippen LogP contribution >= 0.6 is 11.6 Å². The Morgan fingerprint density at radius 1 is 1.03 bits per heavy atom. The van der Waals surface area contributed by atoms with Crippen LogP contribution in [0.5, 0.6) is 11.5 Å². The fourth-order valence-electron chi connectivity index (χ4n) is 4.45. The van der Waals surface area contributed by atoms with E-state index < -0.39 is 6.10 Å². The zero-order valence-corrected chi connectivity index (χ0v) is 18.3. The number of aromatic nitrogens is 3. The van der Waals surface area contributed by atoms with E-state index in [0.717, 1.165) is 28.0 Å². The Morgan fingerprint density at radius 2 is 1.79 bits per heavy atom. The van der Waals surface area contributed by atoms with E-state index in [9.17, 15) is 4.39 Å². The highest BCUT2D eigenvalue weighted by molar-refractivity contribution is 6.30. The number of hydrogen-bond donors (Lipinski definition) is 1. The first kappa shape index (κ1) is 19.8. The lowest BCUT2D eigenvalue weighted by atomic mass is 9.84. The van der Waals surface area contributed by atoms with Gasteiger partial charge in [0, 0.05) is 16.2 Å². The molecule has 1 aromatic heterocycles. The van der Waals surface area contributed by atoms with Gasteiger partial charge in [-0.05, 0) is 53.6 Å². The molecule has 0 fully saturated rings. The average molecular weight is 461 g/mol. The predicted octanol–water partition coefficient (Wildman–Crippen LogP) is 5.64. The number of hydrogen-bond acceptors (Lipinski definition) is 5. The Hall–Kier alpha value is -3.84. The molecule has 1 N–H and O–H groups in total. The fraction of sp³-hybridized carbons (Fsp3) is 0.120. The second-order valence-electron chi connectivity index (χ2n) is 7.85. The summed E-state index contributed by atoms with van der Waals surface area (Å²) >= 11 is 6.16. The van der Waals surface area contributed by atoms with Crippen LogP contribution in [0, 0.1) is 5.82 Å². The van der Waals surface area contributed by atoms with E-state index in [0.29, 0.717) is 22.5 Å². The summed E-state index contributed by atoms with van der Waals surface area (Å²) in [5.74, 6) is 1.72. The van der Waals surface area contributed by atoms with Gasteiger partial charge in [0.05, 0.1) is 12.8 Å². The lowest BCUT2D eigenvalue weighted by molar-refractivity contribution is 0.222. The third kappa shape index (κ3) is 3.24. The minimum Gasteiger partial charge on any atom is -0.497 e. The summed E-state index contributed by atoms with van der Waals surface area (Å²) in [5.41, 5.74) is 4.46. The summed E-state index contributed by atoms with van der Waals surface area (Å²) < 4.78 is 27.6. The highest BCUT2D eigenvalue weighted by Gasteiger charge is 2.41. The summed E-state index contributed by atoms with van der Waals surface area (Å²) in [6, 6.07) is 19.3. The third-order valence-corrected chi connectivity index (χ3v) is 6.23. The number of nitrogens with zero attached hydrogens (tertiary/aromatic N) is 3. The van der Waals surface area contributed by atoms with E-state index in [-0.39, 0.29) is 11.9 Å². The Bertz CT molecular complexity index is 1380. The maximum Gasteiger partial charge on any atom is 0.226 e. The second kappa shape index (κ2) is 7.64. The van der Waals surface area contributed by atoms with Gasteiger partial charge in [-0.25, -0.2) is 9.07 Å². The van der Waals surface area contributed by atoms with Crippen LogP contribution in [0.25, 0.3) is 5.70 Å². The van der Waals surface area contributed by atoms with Gasteiger partial charge < -0.3 is 14.8 Å². The Morgan fingerprint density at radius 3 is 2.55 bits per heavy atom. The number of halogens is 2. The highest BCUT2D eigenvalue weighted by Crippen LogP contribution is 2.51. The number of benzene rings is 3. The van der Waals surface area contributed by atoms with E-state index in [4.69, 9.17) is 21.1 Å². The predicted molar refractivity (Wildman–Crippen MR) is 123 cm³/mol. The summed E-state index contributed by atoms with van der Waals surface area (Å²) in [7, 11) is 1.63. The number of methoxy groups -OCH3 is 1. The normalized spacial score (nSPS) is 18.5. The molecule has 2 aliphatic rings. The zero-order chi connectivity index (χ0) is 22.5.